The lowest BCUT2D eigenvalue weighted by atomic mass is 9.93. The van der Waals surface area contributed by atoms with Crippen molar-refractivity contribution in [2.24, 2.45) is 0 Å². The van der Waals surface area contributed by atoms with E-state index in [1.807, 2.05) is 30.3 Å². The maximum Gasteiger partial charge on any atom is 0.416 e. The van der Waals surface area contributed by atoms with Gasteiger partial charge in [0.1, 0.15) is 0 Å². The zero-order chi connectivity index (χ0) is 31.9. The molecule has 1 amide bonds. The Hall–Kier alpha value is -3.50. The molecule has 6 nitrogen and oxygen atoms in total. The molecule has 7 rings (SSSR count). The van der Waals surface area contributed by atoms with Crippen molar-refractivity contribution in [3.8, 4) is 11.3 Å². The van der Waals surface area contributed by atoms with Gasteiger partial charge in [0.25, 0.3) is 5.91 Å². The SMILES string of the molecule is O=C(NC1(c2ccccc2)CC1)c1c(CN2CCC(N3CCOCC3)CC2)c(-c2cccc(C(F)(F)F)c2)nc2cccc(Cl)c12. The first-order chi connectivity index (χ1) is 22.2. The molecule has 46 heavy (non-hydrogen) atoms. The highest BCUT2D eigenvalue weighted by atomic mass is 35.5. The number of likely N-dealkylation sites (tertiary alicyclic amines) is 1. The summed E-state index contributed by atoms with van der Waals surface area (Å²) in [6, 6.07) is 20.8. The first kappa shape index (κ1) is 31.1. The zero-order valence-electron chi connectivity index (χ0n) is 25.5. The van der Waals surface area contributed by atoms with Crippen LogP contribution < -0.4 is 5.32 Å². The standard InChI is InChI=1S/C36H36ClF3N4O2/c37-29-10-5-11-30-32(29)31(34(45)42-35(14-15-35)25-7-2-1-3-8-25)28(33(41-30)24-6-4-9-26(22-24)36(38,39)40)23-43-16-12-27(13-17-43)44-18-20-46-21-19-44/h1-11,22,27H,12-21,23H2,(H,42,45). The van der Waals surface area contributed by atoms with E-state index in [4.69, 9.17) is 21.3 Å². The van der Waals surface area contributed by atoms with Crippen molar-refractivity contribution in [1.82, 2.24) is 20.1 Å². The number of nitrogens with one attached hydrogen (secondary N) is 1. The Morgan fingerprint density at radius 3 is 2.37 bits per heavy atom. The molecule has 0 atom stereocenters. The third-order valence-electron chi connectivity index (χ3n) is 9.68. The summed E-state index contributed by atoms with van der Waals surface area (Å²) in [5.74, 6) is -0.298. The summed E-state index contributed by atoms with van der Waals surface area (Å²) in [7, 11) is 0. The summed E-state index contributed by atoms with van der Waals surface area (Å²) >= 11 is 6.82. The van der Waals surface area contributed by atoms with E-state index in [1.165, 1.54) is 6.07 Å². The predicted octanol–water partition coefficient (Wildman–Crippen LogP) is 7.29. The second-order valence-corrected chi connectivity index (χ2v) is 13.0. The van der Waals surface area contributed by atoms with Gasteiger partial charge in [-0.25, -0.2) is 4.98 Å². The van der Waals surface area contributed by atoms with Gasteiger partial charge >= 0.3 is 6.18 Å². The van der Waals surface area contributed by atoms with E-state index in [9.17, 15) is 18.0 Å². The lowest BCUT2D eigenvalue weighted by Crippen LogP contribution is -2.48. The number of nitrogens with zero attached hydrogens (tertiary/aromatic N) is 3. The first-order valence-electron chi connectivity index (χ1n) is 15.9. The van der Waals surface area contributed by atoms with Crippen molar-refractivity contribution in [1.29, 1.82) is 0 Å². The molecule has 4 aromatic rings. The van der Waals surface area contributed by atoms with E-state index in [-0.39, 0.29) is 5.91 Å². The number of benzene rings is 3. The molecule has 240 valence electrons. The third-order valence-corrected chi connectivity index (χ3v) is 10.00. The molecule has 1 N–H and O–H groups in total. The fraction of sp³-hybridized carbons (Fsp3) is 0.389. The lowest BCUT2D eigenvalue weighted by Gasteiger charge is -2.40. The molecule has 3 heterocycles. The number of aromatic nitrogens is 1. The molecule has 1 aliphatic carbocycles. The van der Waals surface area contributed by atoms with Gasteiger partial charge in [0.05, 0.1) is 46.1 Å². The Morgan fingerprint density at radius 2 is 1.67 bits per heavy atom. The van der Waals surface area contributed by atoms with Gasteiger partial charge in [0.2, 0.25) is 0 Å². The number of halogens is 4. The summed E-state index contributed by atoms with van der Waals surface area (Å²) in [4.78, 5) is 24.2. The summed E-state index contributed by atoms with van der Waals surface area (Å²) in [5.41, 5.74) is 1.87. The van der Waals surface area contributed by atoms with Gasteiger partial charge in [0, 0.05) is 42.2 Å². The van der Waals surface area contributed by atoms with Crippen molar-refractivity contribution >= 4 is 28.4 Å². The van der Waals surface area contributed by atoms with Gasteiger partial charge in [-0.05, 0) is 68.6 Å². The summed E-state index contributed by atoms with van der Waals surface area (Å²) < 4.78 is 47.2. The van der Waals surface area contributed by atoms with Crippen LogP contribution in [-0.4, -0.2) is 66.1 Å². The van der Waals surface area contributed by atoms with Crippen LogP contribution in [0.5, 0.6) is 0 Å². The van der Waals surface area contributed by atoms with Crippen molar-refractivity contribution in [2.45, 2.75) is 50.0 Å². The number of rotatable bonds is 7. The smallest absolute Gasteiger partial charge is 0.379 e. The molecule has 1 saturated carbocycles. The minimum absolute atomic E-state index is 0.298. The molecule has 0 radical (unpaired) electrons. The van der Waals surface area contributed by atoms with Crippen LogP contribution in [0.2, 0.25) is 5.02 Å². The van der Waals surface area contributed by atoms with Crippen LogP contribution in [0.15, 0.2) is 72.8 Å². The Morgan fingerprint density at radius 1 is 0.957 bits per heavy atom. The normalized spacial score (nSPS) is 19.3. The highest BCUT2D eigenvalue weighted by Gasteiger charge is 2.46. The van der Waals surface area contributed by atoms with E-state index in [1.54, 1.807) is 24.3 Å². The molecule has 2 aliphatic heterocycles. The largest absolute Gasteiger partial charge is 0.416 e. The molecule has 3 aromatic carbocycles. The number of morpholine rings is 1. The van der Waals surface area contributed by atoms with E-state index in [2.05, 4.69) is 15.1 Å². The average Bonchev–Trinajstić information content (AvgIpc) is 3.86. The molecule has 3 fully saturated rings. The monoisotopic (exact) mass is 648 g/mol. The molecular weight excluding hydrogens is 613 g/mol. The van der Waals surface area contributed by atoms with Crippen LogP contribution in [0.1, 0.15) is 52.7 Å². The van der Waals surface area contributed by atoms with Gasteiger partial charge in [0.15, 0.2) is 0 Å². The third kappa shape index (κ3) is 6.26. The second kappa shape index (κ2) is 12.6. The average molecular weight is 649 g/mol. The van der Waals surface area contributed by atoms with Crippen LogP contribution >= 0.6 is 11.6 Å². The molecule has 10 heteroatoms. The molecule has 0 spiro atoms. The van der Waals surface area contributed by atoms with Crippen LogP contribution in [0, 0.1) is 0 Å². The van der Waals surface area contributed by atoms with Crippen LogP contribution in [0.25, 0.3) is 22.2 Å². The topological polar surface area (TPSA) is 57.7 Å². The van der Waals surface area contributed by atoms with Crippen molar-refractivity contribution in [2.75, 3.05) is 39.4 Å². The van der Waals surface area contributed by atoms with Crippen molar-refractivity contribution < 1.29 is 22.7 Å². The van der Waals surface area contributed by atoms with Crippen molar-refractivity contribution in [3.05, 3.63) is 100 Å². The quantitative estimate of drug-likeness (QED) is 0.228. The number of ether oxygens (including phenoxy) is 1. The number of amides is 1. The number of piperidine rings is 1. The Bertz CT molecular complexity index is 1730. The van der Waals surface area contributed by atoms with Gasteiger partial charge < -0.3 is 10.1 Å². The van der Waals surface area contributed by atoms with Gasteiger partial charge in [-0.3, -0.25) is 14.6 Å². The minimum atomic E-state index is -4.52. The van der Waals surface area contributed by atoms with Crippen LogP contribution in [-0.2, 0) is 23.0 Å². The number of pyridine rings is 1. The molecule has 2 saturated heterocycles. The van der Waals surface area contributed by atoms with Crippen molar-refractivity contribution in [3.63, 3.8) is 0 Å². The Balaban J connectivity index is 1.32. The summed E-state index contributed by atoms with van der Waals surface area (Å²) in [6.45, 7) is 5.27. The minimum Gasteiger partial charge on any atom is -0.379 e. The Kier molecular flexibility index (Phi) is 8.52. The number of hydrogen-bond donors (Lipinski definition) is 1. The fourth-order valence-electron chi connectivity index (χ4n) is 7.05. The molecule has 0 bridgehead atoms. The van der Waals surface area contributed by atoms with Gasteiger partial charge in [-0.1, -0.05) is 60.1 Å². The van der Waals surface area contributed by atoms with E-state index < -0.39 is 17.3 Å². The maximum atomic E-state index is 14.6. The lowest BCUT2D eigenvalue weighted by molar-refractivity contribution is -0.137. The van der Waals surface area contributed by atoms with Gasteiger partial charge in [-0.15, -0.1) is 0 Å². The maximum absolute atomic E-state index is 14.6. The molecular formula is C36H36ClF3N4O2. The van der Waals surface area contributed by atoms with E-state index in [0.29, 0.717) is 50.9 Å². The number of carbonyl (C=O) groups excluding carboxylic acids is 1. The number of hydrogen-bond acceptors (Lipinski definition) is 5. The number of fused-ring (bicyclic) bond motifs is 1. The summed E-state index contributed by atoms with van der Waals surface area (Å²) in [5, 5.41) is 4.21. The highest BCUT2D eigenvalue weighted by molar-refractivity contribution is 6.37. The molecule has 0 unspecified atom stereocenters. The zero-order valence-corrected chi connectivity index (χ0v) is 26.2. The van der Waals surface area contributed by atoms with Crippen LogP contribution in [0.3, 0.4) is 0 Å². The first-order valence-corrected chi connectivity index (χ1v) is 16.3. The van der Waals surface area contributed by atoms with Gasteiger partial charge in [-0.2, -0.15) is 13.2 Å². The van der Waals surface area contributed by atoms with E-state index in [0.717, 1.165) is 82.8 Å². The molecule has 1 aromatic heterocycles. The predicted molar refractivity (Wildman–Crippen MR) is 173 cm³/mol. The fourth-order valence-corrected chi connectivity index (χ4v) is 7.32. The Labute approximate surface area is 271 Å². The van der Waals surface area contributed by atoms with Crippen LogP contribution in [0.4, 0.5) is 13.2 Å². The summed E-state index contributed by atoms with van der Waals surface area (Å²) in [6.07, 6.45) is -1.01. The highest BCUT2D eigenvalue weighted by Crippen LogP contribution is 2.46. The number of alkyl halides is 3. The van der Waals surface area contributed by atoms with E-state index >= 15 is 0 Å². The number of carbonyl (C=O) groups is 1. The molecule has 3 aliphatic rings. The second-order valence-electron chi connectivity index (χ2n) is 12.6.